The molecule has 0 aromatic heterocycles. The van der Waals surface area contributed by atoms with Crippen LogP contribution < -0.4 is 0 Å². The second-order valence-electron chi connectivity index (χ2n) is 2.57. The highest BCUT2D eigenvalue weighted by Crippen LogP contribution is 2.28. The molecule has 14 heavy (non-hydrogen) atoms. The molecule has 0 saturated carbocycles. The molecule has 0 bridgehead atoms. The summed E-state index contributed by atoms with van der Waals surface area (Å²) in [5, 5.41) is 10.1. The van der Waals surface area contributed by atoms with Crippen LogP contribution in [0.4, 0.5) is 10.1 Å². The van der Waals surface area contributed by atoms with E-state index in [2.05, 4.69) is 0 Å². The molecule has 0 unspecified atom stereocenters. The molecule has 4 nitrogen and oxygen atoms in total. The van der Waals surface area contributed by atoms with E-state index in [4.69, 9.17) is 11.6 Å². The topological polar surface area (TPSA) is 60.2 Å². The molecular formula is C8H5ClFNO3. The van der Waals surface area contributed by atoms with E-state index >= 15 is 0 Å². The number of nitro benzene ring substituents is 1. The van der Waals surface area contributed by atoms with Crippen molar-refractivity contribution in [3.8, 4) is 0 Å². The van der Waals surface area contributed by atoms with Gasteiger partial charge in [-0.25, -0.2) is 0 Å². The summed E-state index contributed by atoms with van der Waals surface area (Å²) >= 11 is 5.34. The van der Waals surface area contributed by atoms with Gasteiger partial charge in [-0.3, -0.25) is 14.9 Å². The first kappa shape index (κ1) is 10.6. The molecule has 1 aromatic carbocycles. The first-order chi connectivity index (χ1) is 6.45. The predicted molar refractivity (Wildman–Crippen MR) is 48.1 cm³/mol. The van der Waals surface area contributed by atoms with E-state index in [9.17, 15) is 19.3 Å². The van der Waals surface area contributed by atoms with Crippen molar-refractivity contribution >= 4 is 23.1 Å². The fourth-order valence-electron chi connectivity index (χ4n) is 1.00. The first-order valence-corrected chi connectivity index (χ1v) is 3.96. The first-order valence-electron chi connectivity index (χ1n) is 3.58. The van der Waals surface area contributed by atoms with Crippen molar-refractivity contribution in [3.05, 3.63) is 38.7 Å². The fraction of sp³-hybridized carbons (Fsp3) is 0.125. The maximum absolute atomic E-state index is 13.1. The van der Waals surface area contributed by atoms with Crippen LogP contribution in [0, 0.1) is 15.9 Å². The number of nitro groups is 1. The molecule has 74 valence electrons. The fourth-order valence-corrected chi connectivity index (χ4v) is 1.16. The van der Waals surface area contributed by atoms with E-state index in [1.165, 1.54) is 0 Å². The summed E-state index contributed by atoms with van der Waals surface area (Å²) in [6.07, 6.45) is 0. The molecule has 1 aromatic rings. The van der Waals surface area contributed by atoms with E-state index < -0.39 is 22.2 Å². The summed E-state index contributed by atoms with van der Waals surface area (Å²) in [5.41, 5.74) is -1.15. The van der Waals surface area contributed by atoms with Gasteiger partial charge in [-0.05, 0) is 19.1 Å². The van der Waals surface area contributed by atoms with E-state index in [0.29, 0.717) is 0 Å². The summed E-state index contributed by atoms with van der Waals surface area (Å²) in [6, 6.07) is 2.24. The molecule has 0 heterocycles. The van der Waals surface area contributed by atoms with Crippen molar-refractivity contribution in [2.24, 2.45) is 0 Å². The summed E-state index contributed by atoms with van der Waals surface area (Å²) < 4.78 is 13.1. The smallest absolute Gasteiger partial charge is 0.294 e. The Bertz CT molecular complexity index is 419. The Morgan fingerprint density at radius 2 is 2.14 bits per heavy atom. The largest absolute Gasteiger partial charge is 0.317 e. The van der Waals surface area contributed by atoms with Crippen LogP contribution in [0.5, 0.6) is 0 Å². The zero-order valence-electron chi connectivity index (χ0n) is 7.08. The molecule has 0 saturated heterocycles. The van der Waals surface area contributed by atoms with Crippen LogP contribution in [0.3, 0.4) is 0 Å². The molecule has 1 rings (SSSR count). The standard InChI is InChI=1S/C8H5ClFNO3/c1-4(12)5-2-3-6(9)7(10)8(5)11(13)14/h2-3H,1H3. The van der Waals surface area contributed by atoms with Gasteiger partial charge >= 0.3 is 5.69 Å². The van der Waals surface area contributed by atoms with Crippen LogP contribution in [0.25, 0.3) is 0 Å². The van der Waals surface area contributed by atoms with Gasteiger partial charge in [-0.1, -0.05) is 11.6 Å². The minimum Gasteiger partial charge on any atom is -0.294 e. The lowest BCUT2D eigenvalue weighted by atomic mass is 10.1. The third-order valence-corrected chi connectivity index (χ3v) is 1.92. The predicted octanol–water partition coefficient (Wildman–Crippen LogP) is 2.59. The zero-order chi connectivity index (χ0) is 10.9. The summed E-state index contributed by atoms with van der Waals surface area (Å²) in [6.45, 7) is 1.12. The highest BCUT2D eigenvalue weighted by Gasteiger charge is 2.24. The van der Waals surface area contributed by atoms with Gasteiger partial charge in [0, 0.05) is 0 Å². The number of Topliss-reactive ketones (excluding diaryl/α,β-unsaturated/α-hetero) is 1. The molecule has 0 N–H and O–H groups in total. The lowest BCUT2D eigenvalue weighted by Crippen LogP contribution is -2.03. The van der Waals surface area contributed by atoms with Crippen molar-refractivity contribution in [3.63, 3.8) is 0 Å². The molecular weight excluding hydrogens is 213 g/mol. The molecule has 0 atom stereocenters. The number of hydrogen-bond donors (Lipinski definition) is 0. The molecule has 0 amide bonds. The normalized spacial score (nSPS) is 9.93. The van der Waals surface area contributed by atoms with E-state index in [-0.39, 0.29) is 10.6 Å². The van der Waals surface area contributed by atoms with Gasteiger partial charge in [-0.2, -0.15) is 4.39 Å². The third kappa shape index (κ3) is 1.72. The number of carbonyl (C=O) groups excluding carboxylic acids is 1. The maximum Gasteiger partial charge on any atom is 0.317 e. The van der Waals surface area contributed by atoms with Crippen LogP contribution in [-0.4, -0.2) is 10.7 Å². The monoisotopic (exact) mass is 217 g/mol. The Labute approximate surface area is 83.4 Å². The molecule has 0 aliphatic carbocycles. The maximum atomic E-state index is 13.1. The summed E-state index contributed by atoms with van der Waals surface area (Å²) in [7, 11) is 0. The van der Waals surface area contributed by atoms with Gasteiger partial charge in [0.25, 0.3) is 0 Å². The van der Waals surface area contributed by atoms with Crippen LogP contribution in [0.15, 0.2) is 12.1 Å². The minimum absolute atomic E-state index is 0.281. The molecule has 0 aliphatic rings. The Morgan fingerprint density at radius 1 is 1.57 bits per heavy atom. The number of benzene rings is 1. The Kier molecular flexibility index (Phi) is 2.81. The number of nitrogens with zero attached hydrogens (tertiary/aromatic N) is 1. The van der Waals surface area contributed by atoms with E-state index in [1.807, 2.05) is 0 Å². The number of carbonyl (C=O) groups is 1. The Balaban J connectivity index is 3.53. The van der Waals surface area contributed by atoms with Gasteiger partial charge in [0.15, 0.2) is 5.78 Å². The summed E-state index contributed by atoms with van der Waals surface area (Å²) in [5.74, 6) is -1.75. The van der Waals surface area contributed by atoms with Gasteiger partial charge in [-0.15, -0.1) is 0 Å². The second kappa shape index (κ2) is 3.71. The van der Waals surface area contributed by atoms with Gasteiger partial charge in [0.1, 0.15) is 0 Å². The number of rotatable bonds is 2. The molecule has 6 heteroatoms. The minimum atomic E-state index is -1.18. The quantitative estimate of drug-likeness (QED) is 0.435. The number of halogens is 2. The van der Waals surface area contributed by atoms with Gasteiger partial charge < -0.3 is 0 Å². The van der Waals surface area contributed by atoms with Crippen LogP contribution in [0.1, 0.15) is 17.3 Å². The van der Waals surface area contributed by atoms with Gasteiger partial charge in [0.2, 0.25) is 5.82 Å². The van der Waals surface area contributed by atoms with Crippen LogP contribution >= 0.6 is 11.6 Å². The Hall–Kier alpha value is -1.49. The highest BCUT2D eigenvalue weighted by molar-refractivity contribution is 6.31. The van der Waals surface area contributed by atoms with E-state index in [0.717, 1.165) is 19.1 Å². The van der Waals surface area contributed by atoms with Crippen LogP contribution in [-0.2, 0) is 0 Å². The second-order valence-corrected chi connectivity index (χ2v) is 2.98. The van der Waals surface area contributed by atoms with Gasteiger partial charge in [0.05, 0.1) is 15.5 Å². The molecule has 0 fully saturated rings. The van der Waals surface area contributed by atoms with Crippen molar-refractivity contribution in [1.29, 1.82) is 0 Å². The van der Waals surface area contributed by atoms with Crippen LogP contribution in [0.2, 0.25) is 5.02 Å². The lowest BCUT2D eigenvalue weighted by Gasteiger charge is -2.00. The van der Waals surface area contributed by atoms with Crippen molar-refractivity contribution in [1.82, 2.24) is 0 Å². The number of ketones is 1. The van der Waals surface area contributed by atoms with Crippen molar-refractivity contribution in [2.45, 2.75) is 6.92 Å². The molecule has 0 spiro atoms. The van der Waals surface area contributed by atoms with E-state index in [1.54, 1.807) is 0 Å². The van der Waals surface area contributed by atoms with Crippen molar-refractivity contribution in [2.75, 3.05) is 0 Å². The average Bonchev–Trinajstić information content (AvgIpc) is 2.08. The lowest BCUT2D eigenvalue weighted by molar-refractivity contribution is -0.387. The summed E-state index contributed by atoms with van der Waals surface area (Å²) in [4.78, 5) is 20.4. The average molecular weight is 218 g/mol. The molecule has 0 aliphatic heterocycles. The highest BCUT2D eigenvalue weighted by atomic mass is 35.5. The van der Waals surface area contributed by atoms with Crippen molar-refractivity contribution < 1.29 is 14.1 Å². The zero-order valence-corrected chi connectivity index (χ0v) is 7.84. The molecule has 0 radical (unpaired) electrons. The SMILES string of the molecule is CC(=O)c1ccc(Cl)c(F)c1[N+](=O)[O-]. The Morgan fingerprint density at radius 3 is 2.57 bits per heavy atom. The third-order valence-electron chi connectivity index (χ3n) is 1.63. The number of hydrogen-bond acceptors (Lipinski definition) is 3.